The zero-order chi connectivity index (χ0) is 15.2. The van der Waals surface area contributed by atoms with Crippen molar-refractivity contribution in [2.45, 2.75) is 38.8 Å². The van der Waals surface area contributed by atoms with E-state index in [0.29, 0.717) is 18.6 Å². The SMILES string of the molecule is CCCCCCOC(=O)c1ccc(F)c(C(F)(F)F)c1. The van der Waals surface area contributed by atoms with Crippen molar-refractivity contribution in [2.75, 3.05) is 6.61 Å². The number of benzene rings is 1. The van der Waals surface area contributed by atoms with Crippen molar-refractivity contribution in [3.8, 4) is 0 Å². The molecule has 0 bridgehead atoms. The first-order chi connectivity index (χ1) is 9.36. The van der Waals surface area contributed by atoms with E-state index in [1.165, 1.54) is 0 Å². The van der Waals surface area contributed by atoms with Crippen LogP contribution >= 0.6 is 0 Å². The molecule has 0 aliphatic rings. The van der Waals surface area contributed by atoms with E-state index < -0.39 is 23.5 Å². The van der Waals surface area contributed by atoms with Gasteiger partial charge in [0.05, 0.1) is 17.7 Å². The third-order valence-electron chi connectivity index (χ3n) is 2.74. The maximum Gasteiger partial charge on any atom is 0.419 e. The van der Waals surface area contributed by atoms with E-state index in [9.17, 15) is 22.4 Å². The number of carbonyl (C=O) groups is 1. The summed E-state index contributed by atoms with van der Waals surface area (Å²) in [5, 5.41) is 0. The van der Waals surface area contributed by atoms with Crippen LogP contribution in [0.4, 0.5) is 17.6 Å². The predicted molar refractivity (Wildman–Crippen MR) is 65.8 cm³/mol. The Morgan fingerprint density at radius 2 is 1.90 bits per heavy atom. The number of ether oxygens (including phenoxy) is 1. The second kappa shape index (κ2) is 7.26. The summed E-state index contributed by atoms with van der Waals surface area (Å²) in [4.78, 5) is 11.6. The quantitative estimate of drug-likeness (QED) is 0.436. The van der Waals surface area contributed by atoms with Crippen LogP contribution in [0.15, 0.2) is 18.2 Å². The van der Waals surface area contributed by atoms with E-state index >= 15 is 0 Å². The summed E-state index contributed by atoms with van der Waals surface area (Å²) in [6.07, 6.45) is -1.25. The lowest BCUT2D eigenvalue weighted by Gasteiger charge is -2.10. The summed E-state index contributed by atoms with van der Waals surface area (Å²) in [7, 11) is 0. The summed E-state index contributed by atoms with van der Waals surface area (Å²) in [6.45, 7) is 2.18. The number of rotatable bonds is 6. The first-order valence-corrected chi connectivity index (χ1v) is 6.40. The lowest BCUT2D eigenvalue weighted by molar-refractivity contribution is -0.140. The summed E-state index contributed by atoms with van der Waals surface area (Å²) in [6, 6.07) is 2.08. The predicted octanol–water partition coefficient (Wildman–Crippen LogP) is 4.58. The van der Waals surface area contributed by atoms with Crippen LogP contribution in [-0.4, -0.2) is 12.6 Å². The van der Waals surface area contributed by atoms with Gasteiger partial charge in [-0.05, 0) is 24.6 Å². The molecule has 0 fully saturated rings. The van der Waals surface area contributed by atoms with Gasteiger partial charge in [0.2, 0.25) is 0 Å². The molecule has 1 rings (SSSR count). The van der Waals surface area contributed by atoms with E-state index in [-0.39, 0.29) is 12.2 Å². The van der Waals surface area contributed by atoms with E-state index in [1.807, 2.05) is 6.92 Å². The number of esters is 1. The summed E-state index contributed by atoms with van der Waals surface area (Å²) in [5.74, 6) is -2.27. The molecule has 0 heterocycles. The van der Waals surface area contributed by atoms with Crippen LogP contribution in [0.1, 0.15) is 48.5 Å². The molecule has 112 valence electrons. The highest BCUT2D eigenvalue weighted by Gasteiger charge is 2.34. The molecular formula is C14H16F4O2. The van der Waals surface area contributed by atoms with Crippen molar-refractivity contribution in [1.29, 1.82) is 0 Å². The summed E-state index contributed by atoms with van der Waals surface area (Å²) >= 11 is 0. The number of halogens is 4. The second-order valence-corrected chi connectivity index (χ2v) is 4.39. The van der Waals surface area contributed by atoms with Gasteiger partial charge in [0, 0.05) is 0 Å². The van der Waals surface area contributed by atoms with Gasteiger partial charge >= 0.3 is 12.1 Å². The van der Waals surface area contributed by atoms with Gasteiger partial charge in [-0.15, -0.1) is 0 Å². The van der Waals surface area contributed by atoms with Crippen LogP contribution in [0.25, 0.3) is 0 Å². The minimum Gasteiger partial charge on any atom is -0.462 e. The molecule has 0 unspecified atom stereocenters. The lowest BCUT2D eigenvalue weighted by atomic mass is 10.1. The van der Waals surface area contributed by atoms with Crippen molar-refractivity contribution in [2.24, 2.45) is 0 Å². The van der Waals surface area contributed by atoms with Gasteiger partial charge in [-0.1, -0.05) is 26.2 Å². The smallest absolute Gasteiger partial charge is 0.419 e. The van der Waals surface area contributed by atoms with Crippen LogP contribution in [0.5, 0.6) is 0 Å². The highest BCUT2D eigenvalue weighted by Crippen LogP contribution is 2.32. The molecule has 0 radical (unpaired) electrons. The normalized spacial score (nSPS) is 11.4. The van der Waals surface area contributed by atoms with E-state index in [4.69, 9.17) is 4.74 Å². The maximum absolute atomic E-state index is 13.0. The highest BCUT2D eigenvalue weighted by atomic mass is 19.4. The molecule has 0 N–H and O–H groups in total. The van der Waals surface area contributed by atoms with Crippen molar-refractivity contribution < 1.29 is 27.1 Å². The second-order valence-electron chi connectivity index (χ2n) is 4.39. The van der Waals surface area contributed by atoms with Gasteiger partial charge < -0.3 is 4.74 Å². The molecule has 0 aromatic heterocycles. The van der Waals surface area contributed by atoms with E-state index in [0.717, 1.165) is 25.3 Å². The molecule has 0 amide bonds. The Hall–Kier alpha value is -1.59. The molecule has 6 heteroatoms. The summed E-state index contributed by atoms with van der Waals surface area (Å²) < 4.78 is 55.4. The van der Waals surface area contributed by atoms with Crippen LogP contribution < -0.4 is 0 Å². The molecule has 1 aromatic carbocycles. The first kappa shape index (κ1) is 16.5. The Bertz CT molecular complexity index is 455. The fourth-order valence-electron chi connectivity index (χ4n) is 1.65. The zero-order valence-corrected chi connectivity index (χ0v) is 11.1. The molecular weight excluding hydrogens is 276 g/mol. The molecule has 0 atom stereocenters. The number of unbranched alkanes of at least 4 members (excludes halogenated alkanes) is 3. The van der Waals surface area contributed by atoms with Crippen molar-refractivity contribution in [1.82, 2.24) is 0 Å². The van der Waals surface area contributed by atoms with Gasteiger partial charge in [0.1, 0.15) is 5.82 Å². The zero-order valence-electron chi connectivity index (χ0n) is 11.1. The standard InChI is InChI=1S/C14H16F4O2/c1-2-3-4-5-8-20-13(19)10-6-7-12(15)11(9-10)14(16,17)18/h6-7,9H,2-5,8H2,1H3. The average Bonchev–Trinajstić information content (AvgIpc) is 2.37. The van der Waals surface area contributed by atoms with Crippen LogP contribution in [0, 0.1) is 5.82 Å². The van der Waals surface area contributed by atoms with Crippen molar-refractivity contribution in [3.05, 3.63) is 35.1 Å². The third kappa shape index (κ3) is 4.83. The van der Waals surface area contributed by atoms with Gasteiger partial charge in [0.15, 0.2) is 0 Å². The first-order valence-electron chi connectivity index (χ1n) is 6.40. The number of hydrogen-bond donors (Lipinski definition) is 0. The van der Waals surface area contributed by atoms with Crippen LogP contribution in [-0.2, 0) is 10.9 Å². The van der Waals surface area contributed by atoms with Gasteiger partial charge in [-0.3, -0.25) is 0 Å². The molecule has 0 saturated carbocycles. The monoisotopic (exact) mass is 292 g/mol. The van der Waals surface area contributed by atoms with E-state index in [2.05, 4.69) is 0 Å². The summed E-state index contributed by atoms with van der Waals surface area (Å²) in [5.41, 5.74) is -1.76. The Morgan fingerprint density at radius 1 is 1.20 bits per heavy atom. The Kier molecular flexibility index (Phi) is 5.98. The van der Waals surface area contributed by atoms with Gasteiger partial charge in [-0.2, -0.15) is 13.2 Å². The maximum atomic E-state index is 13.0. The molecule has 0 spiro atoms. The molecule has 0 aliphatic carbocycles. The fraction of sp³-hybridized carbons (Fsp3) is 0.500. The molecule has 0 aliphatic heterocycles. The Labute approximate surface area is 114 Å². The molecule has 1 aromatic rings. The minimum atomic E-state index is -4.83. The fourth-order valence-corrected chi connectivity index (χ4v) is 1.65. The topological polar surface area (TPSA) is 26.3 Å². The number of hydrogen-bond acceptors (Lipinski definition) is 2. The minimum absolute atomic E-state index is 0.150. The van der Waals surface area contributed by atoms with Gasteiger partial charge in [0.25, 0.3) is 0 Å². The van der Waals surface area contributed by atoms with Crippen molar-refractivity contribution >= 4 is 5.97 Å². The van der Waals surface area contributed by atoms with Crippen LogP contribution in [0.2, 0.25) is 0 Å². The van der Waals surface area contributed by atoms with E-state index in [1.54, 1.807) is 0 Å². The molecule has 20 heavy (non-hydrogen) atoms. The highest BCUT2D eigenvalue weighted by molar-refractivity contribution is 5.89. The Morgan fingerprint density at radius 3 is 2.50 bits per heavy atom. The number of alkyl halides is 3. The van der Waals surface area contributed by atoms with Crippen LogP contribution in [0.3, 0.4) is 0 Å². The number of carbonyl (C=O) groups excluding carboxylic acids is 1. The lowest BCUT2D eigenvalue weighted by Crippen LogP contribution is -2.12. The third-order valence-corrected chi connectivity index (χ3v) is 2.74. The molecule has 2 nitrogen and oxygen atoms in total. The molecule has 0 saturated heterocycles. The van der Waals surface area contributed by atoms with Crippen molar-refractivity contribution in [3.63, 3.8) is 0 Å². The van der Waals surface area contributed by atoms with Gasteiger partial charge in [-0.25, -0.2) is 9.18 Å². The Balaban J connectivity index is 2.65. The largest absolute Gasteiger partial charge is 0.462 e. The average molecular weight is 292 g/mol.